The molecule has 0 spiro atoms. The average molecular weight is 211 g/mol. The minimum Gasteiger partial charge on any atom is -0.344 e. The van der Waals surface area contributed by atoms with E-state index in [-0.39, 0.29) is 6.04 Å². The fourth-order valence-electron chi connectivity index (χ4n) is 2.60. The van der Waals surface area contributed by atoms with Gasteiger partial charge in [-0.3, -0.25) is 9.69 Å². The largest absolute Gasteiger partial charge is 0.344 e. The normalized spacial score (nSPS) is 38.7. The Bertz CT molecular complexity index is 256. The first-order valence-electron chi connectivity index (χ1n) is 5.83. The molecule has 2 fully saturated rings. The van der Waals surface area contributed by atoms with Gasteiger partial charge in [0, 0.05) is 38.8 Å². The summed E-state index contributed by atoms with van der Waals surface area (Å²) in [6, 6.07) is 1.11. The third kappa shape index (κ3) is 2.01. The molecule has 0 bridgehead atoms. The van der Waals surface area contributed by atoms with Crippen molar-refractivity contribution in [3.8, 4) is 0 Å². The summed E-state index contributed by atoms with van der Waals surface area (Å²) < 4.78 is 0. The lowest BCUT2D eigenvalue weighted by atomic mass is 10.1. The molecule has 15 heavy (non-hydrogen) atoms. The molecular formula is C11H21N3O. The quantitative estimate of drug-likeness (QED) is 0.658. The molecule has 2 aliphatic rings. The van der Waals surface area contributed by atoms with Crippen molar-refractivity contribution in [1.82, 2.24) is 15.1 Å². The number of carbonyl (C=O) groups excluding carboxylic acids is 1. The van der Waals surface area contributed by atoms with Crippen LogP contribution in [0.4, 0.5) is 0 Å². The molecule has 0 aliphatic carbocycles. The predicted octanol–water partition coefficient (Wildman–Crippen LogP) is -0.101. The third-order valence-electron chi connectivity index (χ3n) is 3.61. The van der Waals surface area contributed by atoms with Crippen LogP contribution in [-0.2, 0) is 4.79 Å². The molecule has 2 rings (SSSR count). The molecule has 3 atom stereocenters. The Morgan fingerprint density at radius 3 is 2.73 bits per heavy atom. The molecule has 1 amide bonds. The topological polar surface area (TPSA) is 35.6 Å². The van der Waals surface area contributed by atoms with Gasteiger partial charge in [-0.15, -0.1) is 0 Å². The van der Waals surface area contributed by atoms with Gasteiger partial charge in [0.15, 0.2) is 0 Å². The zero-order chi connectivity index (χ0) is 11.0. The van der Waals surface area contributed by atoms with E-state index in [9.17, 15) is 4.79 Å². The van der Waals surface area contributed by atoms with Crippen LogP contribution in [-0.4, -0.2) is 60.5 Å². The van der Waals surface area contributed by atoms with E-state index < -0.39 is 0 Å². The molecule has 4 heteroatoms. The van der Waals surface area contributed by atoms with Crippen LogP contribution in [0.3, 0.4) is 0 Å². The summed E-state index contributed by atoms with van der Waals surface area (Å²) >= 11 is 0. The van der Waals surface area contributed by atoms with Crippen molar-refractivity contribution >= 4 is 5.91 Å². The highest BCUT2D eigenvalue weighted by atomic mass is 16.2. The van der Waals surface area contributed by atoms with Gasteiger partial charge in [0.2, 0.25) is 5.91 Å². The lowest BCUT2D eigenvalue weighted by Gasteiger charge is -2.40. The van der Waals surface area contributed by atoms with Gasteiger partial charge >= 0.3 is 0 Å². The molecule has 2 aliphatic heterocycles. The Kier molecular flexibility index (Phi) is 2.98. The van der Waals surface area contributed by atoms with Crippen molar-refractivity contribution in [2.24, 2.45) is 0 Å². The number of hydrogen-bond acceptors (Lipinski definition) is 3. The Morgan fingerprint density at radius 2 is 2.13 bits per heavy atom. The van der Waals surface area contributed by atoms with E-state index in [0.717, 1.165) is 26.1 Å². The average Bonchev–Trinajstić information content (AvgIpc) is 2.52. The number of hydrogen-bond donors (Lipinski definition) is 1. The molecule has 0 aromatic rings. The highest BCUT2D eigenvalue weighted by Crippen LogP contribution is 2.20. The number of rotatable bonds is 1. The van der Waals surface area contributed by atoms with Crippen molar-refractivity contribution < 1.29 is 4.79 Å². The zero-order valence-electron chi connectivity index (χ0n) is 9.86. The summed E-state index contributed by atoms with van der Waals surface area (Å²) in [4.78, 5) is 16.1. The first-order valence-corrected chi connectivity index (χ1v) is 5.83. The molecule has 0 aromatic carbocycles. The molecule has 4 nitrogen and oxygen atoms in total. The van der Waals surface area contributed by atoms with Crippen molar-refractivity contribution in [1.29, 1.82) is 0 Å². The van der Waals surface area contributed by atoms with Crippen LogP contribution in [0.2, 0.25) is 0 Å². The maximum atomic E-state index is 11.9. The maximum Gasteiger partial charge on any atom is 0.239 e. The summed E-state index contributed by atoms with van der Waals surface area (Å²) in [6.07, 6.45) is 0.992. The van der Waals surface area contributed by atoms with Gasteiger partial charge in [-0.2, -0.15) is 0 Å². The molecule has 0 aromatic heterocycles. The van der Waals surface area contributed by atoms with Gasteiger partial charge < -0.3 is 10.2 Å². The molecule has 0 saturated carbocycles. The number of amides is 1. The molecule has 0 radical (unpaired) electrons. The van der Waals surface area contributed by atoms with Gasteiger partial charge in [-0.25, -0.2) is 0 Å². The highest BCUT2D eigenvalue weighted by molar-refractivity contribution is 5.83. The van der Waals surface area contributed by atoms with E-state index in [0.29, 0.717) is 18.0 Å². The lowest BCUT2D eigenvalue weighted by Crippen LogP contribution is -2.59. The van der Waals surface area contributed by atoms with E-state index in [1.54, 1.807) is 0 Å². The van der Waals surface area contributed by atoms with Gasteiger partial charge in [0.25, 0.3) is 0 Å². The van der Waals surface area contributed by atoms with Crippen LogP contribution < -0.4 is 5.32 Å². The van der Waals surface area contributed by atoms with Crippen LogP contribution in [0.15, 0.2) is 0 Å². The van der Waals surface area contributed by atoms with E-state index in [4.69, 9.17) is 0 Å². The zero-order valence-corrected chi connectivity index (χ0v) is 9.86. The van der Waals surface area contributed by atoms with Gasteiger partial charge in [-0.05, 0) is 20.3 Å². The van der Waals surface area contributed by atoms with E-state index in [2.05, 4.69) is 24.1 Å². The second-order valence-corrected chi connectivity index (χ2v) is 4.92. The minimum absolute atomic E-state index is 0.134. The van der Waals surface area contributed by atoms with E-state index in [1.165, 1.54) is 0 Å². The summed E-state index contributed by atoms with van der Waals surface area (Å²) in [5.41, 5.74) is 0. The second-order valence-electron chi connectivity index (χ2n) is 4.92. The number of piperazine rings is 1. The van der Waals surface area contributed by atoms with Crippen molar-refractivity contribution in [2.45, 2.75) is 38.4 Å². The Labute approximate surface area is 91.6 Å². The van der Waals surface area contributed by atoms with Gasteiger partial charge in [0.05, 0.1) is 6.04 Å². The fraction of sp³-hybridized carbons (Fsp3) is 0.909. The summed E-state index contributed by atoms with van der Waals surface area (Å²) in [5, 5.41) is 3.44. The van der Waals surface area contributed by atoms with Gasteiger partial charge in [0.1, 0.15) is 0 Å². The van der Waals surface area contributed by atoms with Crippen LogP contribution in [0, 0.1) is 0 Å². The predicted molar refractivity (Wildman–Crippen MR) is 59.7 cm³/mol. The van der Waals surface area contributed by atoms with Crippen LogP contribution in [0.1, 0.15) is 20.3 Å². The van der Waals surface area contributed by atoms with E-state index >= 15 is 0 Å². The van der Waals surface area contributed by atoms with E-state index in [1.807, 2.05) is 11.9 Å². The molecule has 86 valence electrons. The lowest BCUT2D eigenvalue weighted by molar-refractivity contribution is -0.132. The van der Waals surface area contributed by atoms with Crippen LogP contribution in [0.5, 0.6) is 0 Å². The first-order chi connectivity index (χ1) is 7.09. The SMILES string of the molecule is CC1CN(C2CCN(C)C2=O)C(C)CN1. The van der Waals surface area contributed by atoms with Crippen molar-refractivity contribution in [2.75, 3.05) is 26.7 Å². The monoisotopic (exact) mass is 211 g/mol. The van der Waals surface area contributed by atoms with Crippen molar-refractivity contribution in [3.05, 3.63) is 0 Å². The minimum atomic E-state index is 0.134. The molecular weight excluding hydrogens is 190 g/mol. The molecule has 3 unspecified atom stereocenters. The first kappa shape index (κ1) is 10.9. The van der Waals surface area contributed by atoms with Crippen LogP contribution >= 0.6 is 0 Å². The number of carbonyl (C=O) groups is 1. The molecule has 2 saturated heterocycles. The Morgan fingerprint density at radius 1 is 1.40 bits per heavy atom. The second kappa shape index (κ2) is 4.10. The Hall–Kier alpha value is -0.610. The van der Waals surface area contributed by atoms with Gasteiger partial charge in [-0.1, -0.05) is 0 Å². The molecule has 1 N–H and O–H groups in total. The standard InChI is InChI=1S/C11H21N3O/c1-8-7-14(9(2)6-12-8)10-4-5-13(3)11(10)15/h8-10,12H,4-7H2,1-3H3. The highest BCUT2D eigenvalue weighted by Gasteiger charge is 2.38. The smallest absolute Gasteiger partial charge is 0.239 e. The Balaban J connectivity index is 2.05. The summed E-state index contributed by atoms with van der Waals surface area (Å²) in [6.45, 7) is 7.28. The number of nitrogens with one attached hydrogen (secondary N) is 1. The number of likely N-dealkylation sites (N-methyl/N-ethyl adjacent to an activating group) is 1. The number of likely N-dealkylation sites (tertiary alicyclic amines) is 1. The molecule has 2 heterocycles. The third-order valence-corrected chi connectivity index (χ3v) is 3.61. The summed E-state index contributed by atoms with van der Waals surface area (Å²) in [5.74, 6) is 0.302. The van der Waals surface area contributed by atoms with Crippen molar-refractivity contribution in [3.63, 3.8) is 0 Å². The van der Waals surface area contributed by atoms with Crippen LogP contribution in [0.25, 0.3) is 0 Å². The maximum absolute atomic E-state index is 11.9. The number of nitrogens with zero attached hydrogens (tertiary/aromatic N) is 2. The summed E-state index contributed by atoms with van der Waals surface area (Å²) in [7, 11) is 1.90. The fourth-order valence-corrected chi connectivity index (χ4v) is 2.60.